The molecule has 208 valence electrons. The Balaban J connectivity index is 1.59. The van der Waals surface area contributed by atoms with Gasteiger partial charge in [-0.25, -0.2) is 0 Å². The second-order valence-corrected chi connectivity index (χ2v) is 9.78. The average molecular weight is 558 g/mol. The highest BCUT2D eigenvalue weighted by molar-refractivity contribution is 6.10. The van der Waals surface area contributed by atoms with Gasteiger partial charge in [-0.05, 0) is 35.4 Å². The van der Waals surface area contributed by atoms with Crippen molar-refractivity contribution in [1.82, 2.24) is 0 Å². The number of hydrogen-bond donors (Lipinski definition) is 7. The van der Waals surface area contributed by atoms with E-state index in [0.29, 0.717) is 5.56 Å². The Bertz CT molecular complexity index is 1710. The van der Waals surface area contributed by atoms with Crippen LogP contribution in [0.2, 0.25) is 0 Å². The quantitative estimate of drug-likeness (QED) is 0.194. The summed E-state index contributed by atoms with van der Waals surface area (Å²) in [5.74, 6) is -6.19. The van der Waals surface area contributed by atoms with Gasteiger partial charge in [-0.3, -0.25) is 9.59 Å². The summed E-state index contributed by atoms with van der Waals surface area (Å²) in [6.45, 7) is 0. The number of phenols is 6. The lowest BCUT2D eigenvalue weighted by Crippen LogP contribution is -2.38. The molecule has 11 heteroatoms. The standard InChI is InChI=1S/C30H22O11/c31-14-5-1-12(2-6-14)28-24(25(37)21-17(34)9-16(33)10-20(21)40-28)22-18(35)11-19(36)23-26(38)27(39)29(41-30(22)23)13-3-7-15(32)8-4-13/h1-11,24,27-29,31-36,39H/t24-,27-,28+,29+/m0/s1. The number of aromatic hydroxyl groups is 6. The number of ether oxygens (including phenoxy) is 2. The summed E-state index contributed by atoms with van der Waals surface area (Å²) in [5, 5.41) is 72.7. The Labute approximate surface area is 231 Å². The Morgan fingerprint density at radius 1 is 0.561 bits per heavy atom. The number of Topliss-reactive ketones (excluding diaryl/α,β-unsaturated/α-hetero) is 2. The van der Waals surface area contributed by atoms with E-state index in [1.165, 1.54) is 48.5 Å². The molecule has 2 aliphatic rings. The van der Waals surface area contributed by atoms with E-state index >= 15 is 0 Å². The lowest BCUT2D eigenvalue weighted by molar-refractivity contribution is 0.0197. The molecule has 0 unspecified atom stereocenters. The molecule has 2 aliphatic heterocycles. The monoisotopic (exact) mass is 558 g/mol. The summed E-state index contributed by atoms with van der Waals surface area (Å²) < 4.78 is 12.1. The molecular weight excluding hydrogens is 536 g/mol. The van der Waals surface area contributed by atoms with Crippen molar-refractivity contribution in [2.75, 3.05) is 0 Å². The number of hydrogen-bond acceptors (Lipinski definition) is 11. The van der Waals surface area contributed by atoms with E-state index in [2.05, 4.69) is 0 Å². The van der Waals surface area contributed by atoms with Gasteiger partial charge in [0, 0.05) is 18.2 Å². The fourth-order valence-electron chi connectivity index (χ4n) is 5.33. The molecule has 4 aromatic rings. The van der Waals surface area contributed by atoms with E-state index in [4.69, 9.17) is 9.47 Å². The van der Waals surface area contributed by atoms with Crippen LogP contribution in [-0.2, 0) is 0 Å². The first-order valence-corrected chi connectivity index (χ1v) is 12.4. The van der Waals surface area contributed by atoms with Gasteiger partial charge in [0.05, 0.1) is 11.5 Å². The molecule has 4 aromatic carbocycles. The predicted molar refractivity (Wildman–Crippen MR) is 140 cm³/mol. The van der Waals surface area contributed by atoms with Crippen LogP contribution >= 0.6 is 0 Å². The van der Waals surface area contributed by atoms with Crippen LogP contribution in [0.4, 0.5) is 0 Å². The number of fused-ring (bicyclic) bond motifs is 2. The molecule has 0 aromatic heterocycles. The molecule has 0 saturated carbocycles. The smallest absolute Gasteiger partial charge is 0.202 e. The highest BCUT2D eigenvalue weighted by Crippen LogP contribution is 2.55. The maximum Gasteiger partial charge on any atom is 0.202 e. The minimum absolute atomic E-state index is 0.0760. The van der Waals surface area contributed by atoms with Crippen molar-refractivity contribution in [2.24, 2.45) is 0 Å². The van der Waals surface area contributed by atoms with E-state index in [9.17, 15) is 45.3 Å². The summed E-state index contributed by atoms with van der Waals surface area (Å²) in [6, 6.07) is 14.0. The zero-order valence-corrected chi connectivity index (χ0v) is 20.9. The maximum absolute atomic E-state index is 14.1. The second kappa shape index (κ2) is 9.35. The third-order valence-corrected chi connectivity index (χ3v) is 7.23. The topological polar surface area (TPSA) is 194 Å². The third kappa shape index (κ3) is 4.10. The molecule has 41 heavy (non-hydrogen) atoms. The minimum Gasteiger partial charge on any atom is -0.508 e. The van der Waals surface area contributed by atoms with Crippen LogP contribution < -0.4 is 9.47 Å². The molecule has 0 aliphatic carbocycles. The van der Waals surface area contributed by atoms with Crippen LogP contribution in [0.3, 0.4) is 0 Å². The van der Waals surface area contributed by atoms with Crippen molar-refractivity contribution in [3.63, 3.8) is 0 Å². The van der Waals surface area contributed by atoms with Gasteiger partial charge in [0.1, 0.15) is 63.2 Å². The van der Waals surface area contributed by atoms with E-state index in [1.54, 1.807) is 0 Å². The van der Waals surface area contributed by atoms with E-state index < -0.39 is 58.6 Å². The van der Waals surface area contributed by atoms with Crippen LogP contribution in [0.15, 0.2) is 66.7 Å². The Kier molecular flexibility index (Phi) is 5.89. The SMILES string of the molecule is O=C1c2c(O)cc(O)cc2O[C@H](c2ccc(O)cc2)[C@H]1c1c(O)cc(O)c2c1O[C@H](c1ccc(O)cc1)[C@@H](O)C2=O. The number of ketones is 2. The number of aliphatic hydroxyl groups is 1. The minimum atomic E-state index is -1.78. The van der Waals surface area contributed by atoms with Gasteiger partial charge in [0.15, 0.2) is 18.0 Å². The number of carbonyl (C=O) groups excluding carboxylic acids is 2. The Morgan fingerprint density at radius 2 is 1.12 bits per heavy atom. The highest BCUT2D eigenvalue weighted by Gasteiger charge is 2.48. The number of rotatable bonds is 3. The molecule has 0 spiro atoms. The van der Waals surface area contributed by atoms with Crippen LogP contribution in [0.5, 0.6) is 46.0 Å². The highest BCUT2D eigenvalue weighted by atomic mass is 16.5. The van der Waals surface area contributed by atoms with Crippen LogP contribution in [0.25, 0.3) is 0 Å². The molecule has 7 N–H and O–H groups in total. The van der Waals surface area contributed by atoms with Gasteiger partial charge in [0.25, 0.3) is 0 Å². The molecule has 0 bridgehead atoms. The zero-order valence-electron chi connectivity index (χ0n) is 20.9. The lowest BCUT2D eigenvalue weighted by Gasteiger charge is -2.37. The van der Waals surface area contributed by atoms with Crippen molar-refractivity contribution in [3.05, 3.63) is 94.5 Å². The first kappa shape index (κ1) is 25.8. The average Bonchev–Trinajstić information content (AvgIpc) is 2.92. The predicted octanol–water partition coefficient (Wildman–Crippen LogP) is 3.70. The van der Waals surface area contributed by atoms with Crippen molar-refractivity contribution in [2.45, 2.75) is 24.2 Å². The largest absolute Gasteiger partial charge is 0.508 e. The summed E-state index contributed by atoms with van der Waals surface area (Å²) in [5.41, 5.74) is -0.418. The van der Waals surface area contributed by atoms with Crippen LogP contribution in [0.1, 0.15) is 55.5 Å². The third-order valence-electron chi connectivity index (χ3n) is 7.23. The molecule has 11 nitrogen and oxygen atoms in total. The van der Waals surface area contributed by atoms with Gasteiger partial charge < -0.3 is 45.2 Å². The number of phenolic OH excluding ortho intramolecular Hbond substituents is 6. The zero-order chi connectivity index (χ0) is 29.2. The summed E-state index contributed by atoms with van der Waals surface area (Å²) >= 11 is 0. The van der Waals surface area contributed by atoms with Gasteiger partial charge in [-0.1, -0.05) is 24.3 Å². The van der Waals surface area contributed by atoms with Gasteiger partial charge in [0.2, 0.25) is 5.78 Å². The molecule has 4 atom stereocenters. The molecule has 0 fully saturated rings. The second-order valence-electron chi connectivity index (χ2n) is 9.78. The van der Waals surface area contributed by atoms with Crippen LogP contribution in [-0.4, -0.2) is 53.4 Å². The van der Waals surface area contributed by atoms with Crippen molar-refractivity contribution < 1.29 is 54.8 Å². The fourth-order valence-corrected chi connectivity index (χ4v) is 5.33. The van der Waals surface area contributed by atoms with Crippen molar-refractivity contribution in [1.29, 1.82) is 0 Å². The number of benzene rings is 4. The Morgan fingerprint density at radius 3 is 1.73 bits per heavy atom. The van der Waals surface area contributed by atoms with Crippen molar-refractivity contribution >= 4 is 11.6 Å². The Hall–Kier alpha value is -5.42. The van der Waals surface area contributed by atoms with E-state index in [0.717, 1.165) is 18.2 Å². The normalized spacial score (nSPS) is 21.4. The summed E-state index contributed by atoms with van der Waals surface area (Å²) in [6.07, 6.45) is -4.37. The molecule has 0 saturated heterocycles. The maximum atomic E-state index is 14.1. The molecule has 6 rings (SSSR count). The van der Waals surface area contributed by atoms with Gasteiger partial charge in [-0.15, -0.1) is 0 Å². The number of carbonyl (C=O) groups is 2. The molecule has 0 radical (unpaired) electrons. The van der Waals surface area contributed by atoms with Crippen LogP contribution in [0, 0.1) is 0 Å². The van der Waals surface area contributed by atoms with E-state index in [1.807, 2.05) is 0 Å². The lowest BCUT2D eigenvalue weighted by atomic mass is 9.78. The number of aliphatic hydroxyl groups excluding tert-OH is 1. The molecule has 2 heterocycles. The first-order valence-electron chi connectivity index (χ1n) is 12.4. The van der Waals surface area contributed by atoms with Gasteiger partial charge in [-0.2, -0.15) is 0 Å². The molecule has 0 amide bonds. The van der Waals surface area contributed by atoms with Crippen molar-refractivity contribution in [3.8, 4) is 46.0 Å². The first-order chi connectivity index (χ1) is 19.5. The summed E-state index contributed by atoms with van der Waals surface area (Å²) in [4.78, 5) is 27.5. The fraction of sp³-hybridized carbons (Fsp3) is 0.133. The molecular formula is C30H22O11. The van der Waals surface area contributed by atoms with E-state index in [-0.39, 0.29) is 45.4 Å². The summed E-state index contributed by atoms with van der Waals surface area (Å²) in [7, 11) is 0. The van der Waals surface area contributed by atoms with Gasteiger partial charge >= 0.3 is 0 Å².